The van der Waals surface area contributed by atoms with Crippen molar-refractivity contribution in [2.24, 2.45) is 0 Å². The van der Waals surface area contributed by atoms with E-state index in [4.69, 9.17) is 24.3 Å². The first-order chi connectivity index (χ1) is 28.3. The number of phosphoric acid groups is 2. The number of anilines is 1. The number of nitrogens with zero attached hydrogens (tertiary/aromatic N) is 2. The highest BCUT2D eigenvalue weighted by Crippen LogP contribution is 2.60. The average Bonchev–Trinajstić information content (AvgIpc) is 3.46. The Kier molecular flexibility index (Phi) is 28.7. The van der Waals surface area contributed by atoms with Gasteiger partial charge in [0.25, 0.3) is 0 Å². The Morgan fingerprint density at radius 3 is 1.81 bits per heavy atom. The predicted octanol–water partition coefficient (Wildman–Crippen LogP) is 8.74. The standard InChI is InChI=1S/C40H75N3O13P2S/c1-3-5-7-9-11-13-14-15-16-17-19-21-23-25-29-59-32-33(54-36(44)26-24-22-20-18-12-10-8-6-4-2)30-52-57(48,49)56-58(50,51)53-31-34-37(45)38(46)39(55-34)43-28-27-35(41)42-40(43)47/h27-28,33-34,37-39,45-46H,3-26,29-32H2,1-2H3,(H,48,49)(H,50,51)(H2,41,42,47)/t33?,34-,37-,38+,39?/m1/s1. The summed E-state index contributed by atoms with van der Waals surface area (Å²) in [7, 11) is -10.6. The lowest BCUT2D eigenvalue weighted by Crippen LogP contribution is -2.36. The fourth-order valence-electron chi connectivity index (χ4n) is 6.79. The van der Waals surface area contributed by atoms with E-state index < -0.39 is 71.2 Å². The van der Waals surface area contributed by atoms with Crippen molar-refractivity contribution in [2.45, 2.75) is 199 Å². The van der Waals surface area contributed by atoms with Gasteiger partial charge in [-0.05, 0) is 24.7 Å². The van der Waals surface area contributed by atoms with Crippen LogP contribution in [0.5, 0.6) is 0 Å². The molecule has 2 rings (SSSR count). The minimum Gasteiger partial charge on any atom is -0.459 e. The smallest absolute Gasteiger partial charge is 0.459 e. The van der Waals surface area contributed by atoms with Crippen LogP contribution in [0.15, 0.2) is 17.1 Å². The third-order valence-electron chi connectivity index (χ3n) is 10.2. The van der Waals surface area contributed by atoms with Crippen molar-refractivity contribution in [3.8, 4) is 0 Å². The molecule has 4 unspecified atom stereocenters. The minimum atomic E-state index is -5.32. The number of thioether (sulfide) groups is 1. The zero-order valence-corrected chi connectivity index (χ0v) is 38.2. The van der Waals surface area contributed by atoms with Crippen LogP contribution in [0.4, 0.5) is 5.82 Å². The molecule has 0 saturated carbocycles. The Bertz CT molecular complexity index is 1430. The number of nitrogen functional groups attached to an aromatic ring is 1. The van der Waals surface area contributed by atoms with Gasteiger partial charge in [0.15, 0.2) is 6.23 Å². The van der Waals surface area contributed by atoms with E-state index in [1.165, 1.54) is 127 Å². The maximum absolute atomic E-state index is 12.8. The number of carbonyl (C=O) groups is 1. The molecular formula is C40H75N3O13P2S. The summed E-state index contributed by atoms with van der Waals surface area (Å²) in [5, 5.41) is 20.8. The molecule has 0 aromatic carbocycles. The molecule has 344 valence electrons. The Morgan fingerprint density at radius 2 is 1.29 bits per heavy atom. The molecule has 16 nitrogen and oxygen atoms in total. The van der Waals surface area contributed by atoms with Gasteiger partial charge in [0, 0.05) is 18.4 Å². The second kappa shape index (κ2) is 31.5. The number of nitrogens with two attached hydrogens (primary N) is 1. The zero-order valence-electron chi connectivity index (χ0n) is 35.6. The van der Waals surface area contributed by atoms with Crippen molar-refractivity contribution in [1.29, 1.82) is 0 Å². The molecule has 59 heavy (non-hydrogen) atoms. The van der Waals surface area contributed by atoms with Crippen LogP contribution in [0, 0.1) is 0 Å². The lowest BCUT2D eigenvalue weighted by Gasteiger charge is -2.21. The normalized spacial score (nSPS) is 20.6. The molecule has 0 radical (unpaired) electrons. The summed E-state index contributed by atoms with van der Waals surface area (Å²) in [4.78, 5) is 49.1. The summed E-state index contributed by atoms with van der Waals surface area (Å²) in [6.45, 7) is 2.97. The lowest BCUT2D eigenvalue weighted by atomic mass is 10.0. The van der Waals surface area contributed by atoms with E-state index in [-0.39, 0.29) is 18.0 Å². The Balaban J connectivity index is 1.79. The van der Waals surface area contributed by atoms with Crippen LogP contribution in [-0.2, 0) is 36.8 Å². The van der Waals surface area contributed by atoms with Crippen LogP contribution in [0.25, 0.3) is 0 Å². The second-order valence-electron chi connectivity index (χ2n) is 15.6. The monoisotopic (exact) mass is 899 g/mol. The van der Waals surface area contributed by atoms with Gasteiger partial charge in [0.2, 0.25) is 0 Å². The molecule has 1 aromatic heterocycles. The topological polar surface area (TPSA) is 239 Å². The molecule has 2 heterocycles. The molecule has 0 aliphatic carbocycles. The number of carbonyl (C=O) groups excluding carboxylic acids is 1. The zero-order chi connectivity index (χ0) is 43.4. The number of unbranched alkanes of at least 4 members (excludes halogenated alkanes) is 21. The molecule has 7 atom stereocenters. The van der Waals surface area contributed by atoms with Crippen LogP contribution < -0.4 is 11.4 Å². The summed E-state index contributed by atoms with van der Waals surface area (Å²) < 4.78 is 51.7. The Morgan fingerprint density at radius 1 is 0.797 bits per heavy atom. The first-order valence-electron chi connectivity index (χ1n) is 22.1. The van der Waals surface area contributed by atoms with E-state index >= 15 is 0 Å². The van der Waals surface area contributed by atoms with Crippen molar-refractivity contribution >= 4 is 39.2 Å². The van der Waals surface area contributed by atoms with Gasteiger partial charge in [-0.1, -0.05) is 149 Å². The van der Waals surface area contributed by atoms with Crippen molar-refractivity contribution in [3.05, 3.63) is 22.7 Å². The van der Waals surface area contributed by atoms with Gasteiger partial charge in [-0.15, -0.1) is 0 Å². The van der Waals surface area contributed by atoms with Crippen LogP contribution in [0.2, 0.25) is 0 Å². The molecule has 0 amide bonds. The van der Waals surface area contributed by atoms with Gasteiger partial charge in [0.1, 0.15) is 30.2 Å². The van der Waals surface area contributed by atoms with Crippen LogP contribution in [0.1, 0.15) is 174 Å². The molecule has 1 fully saturated rings. The number of rotatable bonds is 37. The van der Waals surface area contributed by atoms with Crippen LogP contribution in [0.3, 0.4) is 0 Å². The van der Waals surface area contributed by atoms with Crippen molar-refractivity contribution in [1.82, 2.24) is 9.55 Å². The molecule has 1 aliphatic rings. The van der Waals surface area contributed by atoms with E-state index in [2.05, 4.69) is 23.1 Å². The van der Waals surface area contributed by atoms with E-state index in [9.17, 15) is 38.7 Å². The number of hydrogen-bond acceptors (Lipinski definition) is 14. The van der Waals surface area contributed by atoms with Gasteiger partial charge in [-0.3, -0.25) is 18.4 Å². The summed E-state index contributed by atoms with van der Waals surface area (Å²) in [5.41, 5.74) is 4.61. The maximum Gasteiger partial charge on any atom is 0.481 e. The Hall–Kier alpha value is -1.36. The number of phosphoric ester groups is 2. The summed E-state index contributed by atoms with van der Waals surface area (Å²) in [5.74, 6) is 0.537. The largest absolute Gasteiger partial charge is 0.481 e. The third kappa shape index (κ3) is 24.8. The van der Waals surface area contributed by atoms with Gasteiger partial charge in [0.05, 0.1) is 13.2 Å². The van der Waals surface area contributed by atoms with Crippen molar-refractivity contribution in [3.63, 3.8) is 0 Å². The number of aromatic nitrogens is 2. The van der Waals surface area contributed by atoms with Crippen molar-refractivity contribution in [2.75, 3.05) is 30.5 Å². The highest BCUT2D eigenvalue weighted by atomic mass is 32.2. The number of aliphatic hydroxyl groups is 2. The fraction of sp³-hybridized carbons (Fsp3) is 0.875. The van der Waals surface area contributed by atoms with E-state index in [1.54, 1.807) is 0 Å². The molecule has 1 aromatic rings. The number of aliphatic hydroxyl groups excluding tert-OH is 2. The summed E-state index contributed by atoms with van der Waals surface area (Å²) in [6.07, 6.45) is 21.6. The summed E-state index contributed by atoms with van der Waals surface area (Å²) in [6, 6.07) is 1.27. The highest BCUT2D eigenvalue weighted by Gasteiger charge is 2.46. The first kappa shape index (κ1) is 53.8. The third-order valence-corrected chi connectivity index (χ3v) is 14.0. The minimum absolute atomic E-state index is 0.0780. The van der Waals surface area contributed by atoms with Crippen LogP contribution in [-0.4, -0.2) is 84.7 Å². The second-order valence-corrected chi connectivity index (χ2v) is 19.8. The number of esters is 1. The van der Waals surface area contributed by atoms with Gasteiger partial charge >= 0.3 is 27.3 Å². The highest BCUT2D eigenvalue weighted by molar-refractivity contribution is 7.99. The van der Waals surface area contributed by atoms with E-state index in [0.717, 1.165) is 48.8 Å². The molecule has 6 N–H and O–H groups in total. The predicted molar refractivity (Wildman–Crippen MR) is 231 cm³/mol. The van der Waals surface area contributed by atoms with Gasteiger partial charge in [-0.2, -0.15) is 21.1 Å². The van der Waals surface area contributed by atoms with Crippen molar-refractivity contribution < 1.29 is 56.8 Å². The van der Waals surface area contributed by atoms with E-state index in [0.29, 0.717) is 6.42 Å². The quantitative estimate of drug-likeness (QED) is 0.0238. The SMILES string of the molecule is CCCCCCCCCCCCCCCCSCC(COP(=O)(O)OP(=O)(O)OC[C@H]1OC(n2ccc(N)nc2=O)[C@@H](O)[C@@H]1O)OC(=O)CCCCCCCCCCC. The Labute approximate surface area is 356 Å². The average molecular weight is 900 g/mol. The lowest BCUT2D eigenvalue weighted by molar-refractivity contribution is -0.149. The number of hydrogen-bond donors (Lipinski definition) is 5. The molecule has 0 spiro atoms. The van der Waals surface area contributed by atoms with Gasteiger partial charge < -0.3 is 35.2 Å². The van der Waals surface area contributed by atoms with E-state index in [1.807, 2.05) is 0 Å². The van der Waals surface area contributed by atoms with Crippen LogP contribution >= 0.6 is 27.4 Å². The fourth-order valence-corrected chi connectivity index (χ4v) is 9.91. The molecular weight excluding hydrogens is 824 g/mol. The molecule has 1 aliphatic heterocycles. The molecule has 1 saturated heterocycles. The van der Waals surface area contributed by atoms with Gasteiger partial charge in [-0.25, -0.2) is 13.9 Å². The molecule has 19 heteroatoms. The molecule has 0 bridgehead atoms. The maximum atomic E-state index is 12.8. The number of ether oxygens (including phenoxy) is 2. The summed E-state index contributed by atoms with van der Waals surface area (Å²) >= 11 is 1.53. The first-order valence-corrected chi connectivity index (χ1v) is 26.2.